The molecule has 0 bridgehead atoms. The average Bonchev–Trinajstić information content (AvgIpc) is 2.94. The highest BCUT2D eigenvalue weighted by Crippen LogP contribution is 2.28. The molecule has 1 saturated heterocycles. The Balaban J connectivity index is 1.87. The van der Waals surface area contributed by atoms with Crippen molar-refractivity contribution in [2.75, 3.05) is 39.5 Å². The van der Waals surface area contributed by atoms with E-state index < -0.39 is 0 Å². The average molecular weight is 352 g/mol. The third kappa shape index (κ3) is 2.95. The van der Waals surface area contributed by atoms with Gasteiger partial charge in [-0.15, -0.1) is 0 Å². The minimum absolute atomic E-state index is 0.165. The van der Waals surface area contributed by atoms with Crippen molar-refractivity contribution in [2.45, 2.75) is 6.04 Å². The van der Waals surface area contributed by atoms with Crippen molar-refractivity contribution in [3.05, 3.63) is 28.5 Å². The van der Waals surface area contributed by atoms with E-state index in [1.807, 2.05) is 18.2 Å². The Morgan fingerprint density at radius 1 is 1.33 bits per heavy atom. The zero-order chi connectivity index (χ0) is 15.0. The fourth-order valence-electron chi connectivity index (χ4n) is 2.44. The molecule has 2 aromatic rings. The number of rotatable bonds is 2. The predicted molar refractivity (Wildman–Crippen MR) is 84.7 cm³/mol. The van der Waals surface area contributed by atoms with Crippen molar-refractivity contribution in [3.63, 3.8) is 0 Å². The Bertz CT molecular complexity index is 644. The number of hydrogen-bond donors (Lipinski definition) is 1. The molecule has 0 saturated carbocycles. The van der Waals surface area contributed by atoms with Crippen LogP contribution in [0.1, 0.15) is 11.9 Å². The Kier molecular flexibility index (Phi) is 3.97. The van der Waals surface area contributed by atoms with E-state index in [1.165, 1.54) is 0 Å². The molecule has 6 nitrogen and oxygen atoms in total. The molecule has 0 amide bonds. The fraction of sp³-hybridized carbons (Fsp3) is 0.429. The van der Waals surface area contributed by atoms with Crippen molar-refractivity contribution < 1.29 is 4.52 Å². The highest BCUT2D eigenvalue weighted by molar-refractivity contribution is 9.10. The molecular formula is C14H18BrN5O. The molecule has 21 heavy (non-hydrogen) atoms. The summed E-state index contributed by atoms with van der Waals surface area (Å²) in [5.74, 6) is 1.25. The molecule has 7 heteroatoms. The summed E-state index contributed by atoms with van der Waals surface area (Å²) in [6.45, 7) is 2.96. The topological polar surface area (TPSA) is 71.4 Å². The van der Waals surface area contributed by atoms with Gasteiger partial charge in [-0.05, 0) is 48.2 Å². The van der Waals surface area contributed by atoms with E-state index in [0.29, 0.717) is 11.6 Å². The first kappa shape index (κ1) is 14.5. The van der Waals surface area contributed by atoms with Crippen molar-refractivity contribution >= 4 is 21.6 Å². The molecule has 112 valence electrons. The molecule has 2 N–H and O–H groups in total. The van der Waals surface area contributed by atoms with E-state index in [1.54, 1.807) is 0 Å². The lowest BCUT2D eigenvalue weighted by Gasteiger charge is -2.35. The number of halogens is 1. The highest BCUT2D eigenvalue weighted by atomic mass is 79.9. The molecule has 1 aromatic carbocycles. The van der Waals surface area contributed by atoms with Gasteiger partial charge in [-0.3, -0.25) is 4.90 Å². The Labute approximate surface area is 132 Å². The number of nitrogens with two attached hydrogens (primary N) is 1. The van der Waals surface area contributed by atoms with E-state index in [2.05, 4.69) is 50.0 Å². The molecule has 2 heterocycles. The first-order chi connectivity index (χ1) is 10.0. The van der Waals surface area contributed by atoms with Gasteiger partial charge in [0.2, 0.25) is 0 Å². The summed E-state index contributed by atoms with van der Waals surface area (Å²) in [6.07, 6.45) is 0. The quantitative estimate of drug-likeness (QED) is 0.834. The molecule has 1 fully saturated rings. The molecule has 0 aliphatic carbocycles. The number of likely N-dealkylation sites (N-methyl/N-ethyl adjacent to an activating group) is 2. The summed E-state index contributed by atoms with van der Waals surface area (Å²) in [7, 11) is 4.20. The van der Waals surface area contributed by atoms with Gasteiger partial charge in [0.15, 0.2) is 5.82 Å². The summed E-state index contributed by atoms with van der Waals surface area (Å²) < 4.78 is 6.24. The maximum atomic E-state index is 5.80. The molecule has 0 spiro atoms. The smallest absolute Gasteiger partial charge is 0.258 e. The minimum Gasteiger partial charge on any atom is -0.398 e. The number of nitrogens with zero attached hydrogens (tertiary/aromatic N) is 4. The van der Waals surface area contributed by atoms with Crippen LogP contribution in [0.15, 0.2) is 27.2 Å². The van der Waals surface area contributed by atoms with Crippen molar-refractivity contribution in [2.24, 2.45) is 0 Å². The van der Waals surface area contributed by atoms with Crippen molar-refractivity contribution in [1.29, 1.82) is 0 Å². The van der Waals surface area contributed by atoms with Gasteiger partial charge in [-0.25, -0.2) is 0 Å². The van der Waals surface area contributed by atoms with E-state index >= 15 is 0 Å². The second-order valence-electron chi connectivity index (χ2n) is 5.45. The maximum absolute atomic E-state index is 5.80. The van der Waals surface area contributed by atoms with Gasteiger partial charge in [-0.2, -0.15) is 4.98 Å². The van der Waals surface area contributed by atoms with Crippen LogP contribution in [0.5, 0.6) is 0 Å². The van der Waals surface area contributed by atoms with Crippen LogP contribution in [0.2, 0.25) is 0 Å². The van der Waals surface area contributed by atoms with Gasteiger partial charge < -0.3 is 15.2 Å². The summed E-state index contributed by atoms with van der Waals surface area (Å²) in [6, 6.07) is 5.76. The van der Waals surface area contributed by atoms with Gasteiger partial charge in [-0.1, -0.05) is 5.16 Å². The van der Waals surface area contributed by atoms with Crippen LogP contribution in [0.3, 0.4) is 0 Å². The summed E-state index contributed by atoms with van der Waals surface area (Å²) in [5.41, 5.74) is 7.35. The number of nitrogen functional groups attached to an aromatic ring is 1. The maximum Gasteiger partial charge on any atom is 0.258 e. The third-order valence-electron chi connectivity index (χ3n) is 3.84. The Morgan fingerprint density at radius 3 is 2.90 bits per heavy atom. The molecule has 1 unspecified atom stereocenters. The molecule has 1 aliphatic heterocycles. The molecular weight excluding hydrogens is 334 g/mol. The zero-order valence-corrected chi connectivity index (χ0v) is 13.7. The number of piperazine rings is 1. The first-order valence-corrected chi connectivity index (χ1v) is 7.61. The van der Waals surface area contributed by atoms with Gasteiger partial charge in [0.1, 0.15) is 0 Å². The number of aromatic nitrogens is 2. The number of anilines is 1. The van der Waals surface area contributed by atoms with Crippen LogP contribution in [0.25, 0.3) is 11.5 Å². The van der Waals surface area contributed by atoms with E-state index in [9.17, 15) is 0 Å². The number of benzene rings is 1. The standard InChI is InChI=1S/C14H18BrN5O/c1-19-5-6-20(2)12(8-19)13-17-14(21-18-13)9-3-4-11(16)10(15)7-9/h3-4,7,12H,5-6,8,16H2,1-2H3. The lowest BCUT2D eigenvalue weighted by atomic mass is 10.1. The van der Waals surface area contributed by atoms with Gasteiger partial charge in [0.05, 0.1) is 6.04 Å². The number of hydrogen-bond acceptors (Lipinski definition) is 6. The SMILES string of the molecule is CN1CCN(C)C(c2noc(-c3ccc(N)c(Br)c3)n2)C1. The van der Waals surface area contributed by atoms with Crippen molar-refractivity contribution in [3.8, 4) is 11.5 Å². The van der Waals surface area contributed by atoms with Gasteiger partial charge >= 0.3 is 0 Å². The van der Waals surface area contributed by atoms with Crippen LogP contribution in [-0.4, -0.2) is 53.7 Å². The largest absolute Gasteiger partial charge is 0.398 e. The van der Waals surface area contributed by atoms with Crippen molar-refractivity contribution in [1.82, 2.24) is 19.9 Å². The van der Waals surface area contributed by atoms with Gasteiger partial charge in [0, 0.05) is 35.4 Å². The summed E-state index contributed by atoms with van der Waals surface area (Å²) >= 11 is 3.41. The minimum atomic E-state index is 0.165. The third-order valence-corrected chi connectivity index (χ3v) is 4.53. The Morgan fingerprint density at radius 2 is 2.14 bits per heavy atom. The van der Waals surface area contributed by atoms with Crippen LogP contribution < -0.4 is 5.73 Å². The van der Waals surface area contributed by atoms with Crippen LogP contribution in [0.4, 0.5) is 5.69 Å². The first-order valence-electron chi connectivity index (χ1n) is 6.82. The summed E-state index contributed by atoms with van der Waals surface area (Å²) in [4.78, 5) is 9.09. The van der Waals surface area contributed by atoms with Crippen LogP contribution >= 0.6 is 15.9 Å². The second-order valence-corrected chi connectivity index (χ2v) is 6.31. The predicted octanol–water partition coefficient (Wildman–Crippen LogP) is 2.00. The van der Waals surface area contributed by atoms with E-state index in [0.717, 1.165) is 35.5 Å². The molecule has 1 aromatic heterocycles. The highest BCUT2D eigenvalue weighted by Gasteiger charge is 2.28. The zero-order valence-electron chi connectivity index (χ0n) is 12.1. The van der Waals surface area contributed by atoms with Gasteiger partial charge in [0.25, 0.3) is 5.89 Å². The second kappa shape index (κ2) is 5.75. The van der Waals surface area contributed by atoms with E-state index in [-0.39, 0.29) is 6.04 Å². The molecule has 3 rings (SSSR count). The summed E-state index contributed by atoms with van der Waals surface area (Å²) in [5, 5.41) is 4.15. The van der Waals surface area contributed by atoms with Crippen LogP contribution in [0, 0.1) is 0 Å². The van der Waals surface area contributed by atoms with Crippen LogP contribution in [-0.2, 0) is 0 Å². The fourth-order valence-corrected chi connectivity index (χ4v) is 2.82. The monoisotopic (exact) mass is 351 g/mol. The van der Waals surface area contributed by atoms with E-state index in [4.69, 9.17) is 10.3 Å². The molecule has 1 atom stereocenters. The normalized spacial score (nSPS) is 20.8. The Hall–Kier alpha value is -1.44. The lowest BCUT2D eigenvalue weighted by Crippen LogP contribution is -2.45. The lowest BCUT2D eigenvalue weighted by molar-refractivity contribution is 0.108. The molecule has 0 radical (unpaired) electrons. The molecule has 1 aliphatic rings.